The monoisotopic (exact) mass is 558 g/mol. The highest BCUT2D eigenvalue weighted by Gasteiger charge is 2.38. The van der Waals surface area contributed by atoms with Gasteiger partial charge in [-0.3, -0.25) is 14.5 Å². The number of hydrogen-bond acceptors (Lipinski definition) is 4. The summed E-state index contributed by atoms with van der Waals surface area (Å²) in [5.74, 6) is 0.503. The van der Waals surface area contributed by atoms with E-state index < -0.39 is 0 Å². The molecule has 0 fully saturated rings. The van der Waals surface area contributed by atoms with Gasteiger partial charge in [0.05, 0.1) is 22.4 Å². The van der Waals surface area contributed by atoms with Gasteiger partial charge >= 0.3 is 0 Å². The number of thioether (sulfide) groups is 1. The van der Waals surface area contributed by atoms with E-state index in [-0.39, 0.29) is 29.4 Å². The lowest BCUT2D eigenvalue weighted by Crippen LogP contribution is -2.42. The molecule has 4 aromatic rings. The number of anilines is 1. The molecule has 8 heteroatoms. The molecule has 39 heavy (non-hydrogen) atoms. The zero-order valence-corrected chi connectivity index (χ0v) is 23.9. The fourth-order valence-corrected chi connectivity index (χ4v) is 6.24. The van der Waals surface area contributed by atoms with Gasteiger partial charge in [0.1, 0.15) is 12.4 Å². The molecule has 5 rings (SSSR count). The molecular formula is C31H31ClN4O2S. The second kappa shape index (κ2) is 11.7. The number of halogens is 1. The maximum atomic E-state index is 13.8. The predicted molar refractivity (Wildman–Crippen MR) is 160 cm³/mol. The van der Waals surface area contributed by atoms with Crippen LogP contribution in [0.4, 0.5) is 5.82 Å². The molecule has 0 aliphatic carbocycles. The number of amides is 2. The zero-order chi connectivity index (χ0) is 27.5. The summed E-state index contributed by atoms with van der Waals surface area (Å²) in [6.07, 6.45) is 0.816. The smallest absolute Gasteiger partial charge is 0.240 e. The SMILES string of the molecule is CCCNC(=O)CN1C(=O)CS[C@H](c2cccc(Cl)c2)c2c(-c3ccccc3)nn(-c3cccc(C)c3C)c21. The fourth-order valence-electron chi connectivity index (χ4n) is 4.86. The molecule has 0 saturated carbocycles. The molecule has 2 heterocycles. The number of aromatic nitrogens is 2. The summed E-state index contributed by atoms with van der Waals surface area (Å²) in [6, 6.07) is 23.8. The highest BCUT2D eigenvalue weighted by Crippen LogP contribution is 2.49. The van der Waals surface area contributed by atoms with Crippen LogP contribution in [0.5, 0.6) is 0 Å². The van der Waals surface area contributed by atoms with E-state index in [0.717, 1.165) is 45.6 Å². The molecule has 1 aliphatic heterocycles. The van der Waals surface area contributed by atoms with Crippen molar-refractivity contribution >= 4 is 41.0 Å². The Labute approximate surface area is 238 Å². The number of fused-ring (bicyclic) bond motifs is 1. The van der Waals surface area contributed by atoms with Gasteiger partial charge in [0.25, 0.3) is 0 Å². The van der Waals surface area contributed by atoms with Crippen molar-refractivity contribution < 1.29 is 9.59 Å². The number of carbonyl (C=O) groups excluding carboxylic acids is 2. The number of hydrogen-bond donors (Lipinski definition) is 1. The van der Waals surface area contributed by atoms with E-state index in [0.29, 0.717) is 17.4 Å². The Kier molecular flexibility index (Phi) is 8.10. The van der Waals surface area contributed by atoms with Crippen LogP contribution in [0, 0.1) is 13.8 Å². The molecule has 1 atom stereocenters. The van der Waals surface area contributed by atoms with Crippen molar-refractivity contribution in [1.82, 2.24) is 15.1 Å². The number of nitrogens with zero attached hydrogens (tertiary/aromatic N) is 3. The quantitative estimate of drug-likeness (QED) is 0.281. The summed E-state index contributed by atoms with van der Waals surface area (Å²) in [6.45, 7) is 6.59. The summed E-state index contributed by atoms with van der Waals surface area (Å²) in [4.78, 5) is 28.4. The molecule has 3 aromatic carbocycles. The Balaban J connectivity index is 1.82. The van der Waals surface area contributed by atoms with Gasteiger partial charge in [-0.05, 0) is 55.2 Å². The zero-order valence-electron chi connectivity index (χ0n) is 22.3. The van der Waals surface area contributed by atoms with Crippen LogP contribution in [0.1, 0.15) is 40.8 Å². The van der Waals surface area contributed by atoms with E-state index >= 15 is 0 Å². The normalized spacial score (nSPS) is 15.1. The molecule has 0 spiro atoms. The largest absolute Gasteiger partial charge is 0.355 e. The molecule has 0 radical (unpaired) electrons. The van der Waals surface area contributed by atoms with E-state index in [1.165, 1.54) is 11.8 Å². The van der Waals surface area contributed by atoms with E-state index in [2.05, 4.69) is 25.2 Å². The summed E-state index contributed by atoms with van der Waals surface area (Å²) in [5.41, 5.74) is 6.64. The summed E-state index contributed by atoms with van der Waals surface area (Å²) >= 11 is 7.98. The average Bonchev–Trinajstić information content (AvgIpc) is 3.25. The standard InChI is InChI=1S/C31H31ClN4O2S/c1-4-16-33-26(37)18-35-27(38)19-39-30(23-13-9-14-24(32)17-23)28-29(22-11-6-5-7-12-22)34-36(31(28)35)25-15-8-10-20(2)21(25)3/h5-15,17,30H,4,16,18-19H2,1-3H3,(H,33,37)/t30-/m1/s1. The molecule has 1 N–H and O–H groups in total. The molecule has 1 aromatic heterocycles. The number of rotatable bonds is 7. The lowest BCUT2D eigenvalue weighted by molar-refractivity contribution is -0.122. The molecule has 1 aliphatic rings. The molecule has 200 valence electrons. The van der Waals surface area contributed by atoms with Gasteiger partial charge < -0.3 is 5.32 Å². The molecule has 0 saturated heterocycles. The van der Waals surface area contributed by atoms with Crippen molar-refractivity contribution in [3.05, 3.63) is 100 Å². The first-order valence-corrected chi connectivity index (χ1v) is 14.5. The van der Waals surface area contributed by atoms with Crippen LogP contribution in [0.2, 0.25) is 5.02 Å². The first-order valence-electron chi connectivity index (χ1n) is 13.1. The average molecular weight is 559 g/mol. The van der Waals surface area contributed by atoms with E-state index in [9.17, 15) is 9.59 Å². The second-order valence-corrected chi connectivity index (χ2v) is 11.2. The molecular weight excluding hydrogens is 528 g/mol. The van der Waals surface area contributed by atoms with Gasteiger partial charge in [-0.2, -0.15) is 5.10 Å². The van der Waals surface area contributed by atoms with Crippen LogP contribution >= 0.6 is 23.4 Å². The molecule has 0 bridgehead atoms. The minimum Gasteiger partial charge on any atom is -0.355 e. The van der Waals surface area contributed by atoms with Crippen LogP contribution in [0.25, 0.3) is 16.9 Å². The van der Waals surface area contributed by atoms with Gasteiger partial charge in [0.15, 0.2) is 0 Å². The highest BCUT2D eigenvalue weighted by molar-refractivity contribution is 8.00. The van der Waals surface area contributed by atoms with E-state index in [1.807, 2.05) is 78.3 Å². The summed E-state index contributed by atoms with van der Waals surface area (Å²) < 4.78 is 1.86. The minimum atomic E-state index is -0.222. The van der Waals surface area contributed by atoms with Crippen LogP contribution in [-0.4, -0.2) is 40.4 Å². The number of aryl methyl sites for hydroxylation is 1. The highest BCUT2D eigenvalue weighted by atomic mass is 35.5. The fraction of sp³-hybridized carbons (Fsp3) is 0.258. The van der Waals surface area contributed by atoms with Crippen molar-refractivity contribution in [2.45, 2.75) is 32.4 Å². The third-order valence-electron chi connectivity index (χ3n) is 6.97. The predicted octanol–water partition coefficient (Wildman–Crippen LogP) is 6.50. The second-order valence-electron chi connectivity index (χ2n) is 9.66. The molecule has 2 amide bonds. The van der Waals surface area contributed by atoms with Gasteiger partial charge in [0.2, 0.25) is 11.8 Å². The maximum absolute atomic E-state index is 13.8. The van der Waals surface area contributed by atoms with E-state index in [4.69, 9.17) is 16.7 Å². The lowest BCUT2D eigenvalue weighted by Gasteiger charge is -2.24. The van der Waals surface area contributed by atoms with Gasteiger partial charge in [0, 0.05) is 22.7 Å². The number of benzene rings is 3. The summed E-state index contributed by atoms with van der Waals surface area (Å²) in [7, 11) is 0. The molecule has 0 unspecified atom stereocenters. The first-order chi connectivity index (χ1) is 18.9. The van der Waals surface area contributed by atoms with E-state index in [1.54, 1.807) is 4.90 Å². The van der Waals surface area contributed by atoms with Crippen LogP contribution in [0.3, 0.4) is 0 Å². The lowest BCUT2D eigenvalue weighted by atomic mass is 9.99. The van der Waals surface area contributed by atoms with Gasteiger partial charge in [-0.15, -0.1) is 11.8 Å². The van der Waals surface area contributed by atoms with Gasteiger partial charge in [-0.1, -0.05) is 73.1 Å². The first kappa shape index (κ1) is 27.0. The Morgan fingerprint density at radius 1 is 1.08 bits per heavy atom. The maximum Gasteiger partial charge on any atom is 0.240 e. The van der Waals surface area contributed by atoms with Crippen molar-refractivity contribution in [2.75, 3.05) is 23.7 Å². The van der Waals surface area contributed by atoms with Crippen LogP contribution in [-0.2, 0) is 9.59 Å². The Morgan fingerprint density at radius 3 is 2.59 bits per heavy atom. The third-order valence-corrected chi connectivity index (χ3v) is 8.46. The van der Waals surface area contributed by atoms with Crippen molar-refractivity contribution in [2.24, 2.45) is 0 Å². The van der Waals surface area contributed by atoms with Crippen molar-refractivity contribution in [1.29, 1.82) is 0 Å². The Hall–Kier alpha value is -3.55. The third kappa shape index (κ3) is 5.47. The molecule has 6 nitrogen and oxygen atoms in total. The van der Waals surface area contributed by atoms with Crippen LogP contribution < -0.4 is 10.2 Å². The van der Waals surface area contributed by atoms with Crippen molar-refractivity contribution in [3.8, 4) is 16.9 Å². The number of nitrogens with one attached hydrogen (secondary N) is 1. The van der Waals surface area contributed by atoms with Crippen molar-refractivity contribution in [3.63, 3.8) is 0 Å². The number of carbonyl (C=O) groups is 2. The topological polar surface area (TPSA) is 67.2 Å². The van der Waals surface area contributed by atoms with Crippen LogP contribution in [0.15, 0.2) is 72.8 Å². The Morgan fingerprint density at radius 2 is 1.85 bits per heavy atom. The minimum absolute atomic E-state index is 0.0839. The Bertz CT molecular complexity index is 1520. The summed E-state index contributed by atoms with van der Waals surface area (Å²) in [5, 5.41) is 8.51. The van der Waals surface area contributed by atoms with Gasteiger partial charge in [-0.25, -0.2) is 4.68 Å².